The second kappa shape index (κ2) is 7.57. The number of hydrogen-bond acceptors (Lipinski definition) is 6. The summed E-state index contributed by atoms with van der Waals surface area (Å²) < 4.78 is 16.8. The average Bonchev–Trinajstić information content (AvgIpc) is 3.02. The lowest BCUT2D eigenvalue weighted by Crippen LogP contribution is -2.37. The van der Waals surface area contributed by atoms with E-state index in [9.17, 15) is 5.11 Å². The molecule has 0 aliphatic carbocycles. The van der Waals surface area contributed by atoms with Gasteiger partial charge in [-0.05, 0) is 48.0 Å². The Hall–Kier alpha value is -3.22. The van der Waals surface area contributed by atoms with Crippen LogP contribution < -0.4 is 24.6 Å². The number of ether oxygens (including phenoxy) is 2. The Bertz CT molecular complexity index is 813. The number of methoxy groups -OCH3 is 1. The van der Waals surface area contributed by atoms with Crippen LogP contribution in [0.3, 0.4) is 0 Å². The van der Waals surface area contributed by atoms with Crippen LogP contribution in [0.1, 0.15) is 12.6 Å². The third-order valence-corrected chi connectivity index (χ3v) is 3.64. The zero-order chi connectivity index (χ0) is 17.6. The van der Waals surface area contributed by atoms with Gasteiger partial charge in [0, 0.05) is 17.8 Å². The Morgan fingerprint density at radius 3 is 2.40 bits per heavy atom. The van der Waals surface area contributed by atoms with Gasteiger partial charge in [-0.1, -0.05) is 0 Å². The van der Waals surface area contributed by atoms with Gasteiger partial charge in [0.1, 0.15) is 18.0 Å². The van der Waals surface area contributed by atoms with Crippen molar-refractivity contribution in [3.8, 4) is 23.1 Å². The minimum Gasteiger partial charge on any atom is -0.539 e. The summed E-state index contributed by atoms with van der Waals surface area (Å²) in [6, 6.07) is 14.7. The smallest absolute Gasteiger partial charge is 0.259 e. The van der Waals surface area contributed by atoms with Gasteiger partial charge >= 0.3 is 0 Å². The Morgan fingerprint density at radius 1 is 1.08 bits per heavy atom. The van der Waals surface area contributed by atoms with E-state index in [-0.39, 0.29) is 6.54 Å². The molecule has 0 saturated carbocycles. The lowest BCUT2D eigenvalue weighted by atomic mass is 10.2. The number of aromatic nitrogens is 2. The van der Waals surface area contributed by atoms with Crippen LogP contribution >= 0.6 is 0 Å². The molecule has 0 saturated heterocycles. The molecule has 130 valence electrons. The van der Waals surface area contributed by atoms with E-state index in [1.165, 1.54) is 4.68 Å². The molecule has 3 rings (SSSR count). The number of rotatable bonds is 7. The van der Waals surface area contributed by atoms with Gasteiger partial charge in [-0.2, -0.15) is 0 Å². The summed E-state index contributed by atoms with van der Waals surface area (Å²) in [7, 11) is 1.60. The summed E-state index contributed by atoms with van der Waals surface area (Å²) in [6.45, 7) is 2.84. The average molecular weight is 341 g/mol. The highest BCUT2D eigenvalue weighted by molar-refractivity contribution is 5.46. The summed E-state index contributed by atoms with van der Waals surface area (Å²) in [5.41, 5.74) is 1.99. The van der Waals surface area contributed by atoms with Crippen molar-refractivity contribution in [2.45, 2.75) is 13.5 Å². The molecule has 7 heteroatoms. The van der Waals surface area contributed by atoms with Gasteiger partial charge in [0.2, 0.25) is 5.69 Å². The van der Waals surface area contributed by atoms with Crippen molar-refractivity contribution in [1.82, 2.24) is 5.27 Å². The van der Waals surface area contributed by atoms with Gasteiger partial charge in [-0.15, -0.1) is 0 Å². The normalized spacial score (nSPS) is 10.5. The second-order valence-corrected chi connectivity index (χ2v) is 5.23. The molecule has 0 spiro atoms. The van der Waals surface area contributed by atoms with Gasteiger partial charge < -0.3 is 24.4 Å². The fourth-order valence-corrected chi connectivity index (χ4v) is 2.36. The summed E-state index contributed by atoms with van der Waals surface area (Å²) in [5.74, 6) is 1.05. The lowest BCUT2D eigenvalue weighted by Gasteiger charge is -2.07. The molecule has 0 amide bonds. The SMILES string of the molecule is CCOc1ccc(NCc2c([O-])on[n+]2-c2ccc(OC)cc2)cc1. The number of hydrogen-bond donors (Lipinski definition) is 1. The first kappa shape index (κ1) is 16.6. The molecule has 0 radical (unpaired) electrons. The van der Waals surface area contributed by atoms with E-state index in [0.29, 0.717) is 12.3 Å². The molecule has 1 aromatic heterocycles. The van der Waals surface area contributed by atoms with Crippen LogP contribution in [0, 0.1) is 0 Å². The zero-order valence-electron chi connectivity index (χ0n) is 14.1. The van der Waals surface area contributed by atoms with E-state index in [2.05, 4.69) is 10.6 Å². The summed E-state index contributed by atoms with van der Waals surface area (Å²) in [6.07, 6.45) is 0. The van der Waals surface area contributed by atoms with Crippen molar-refractivity contribution in [3.05, 3.63) is 54.2 Å². The quantitative estimate of drug-likeness (QED) is 0.662. The lowest BCUT2D eigenvalue weighted by molar-refractivity contribution is -0.677. The number of anilines is 1. The van der Waals surface area contributed by atoms with Crippen LogP contribution in [-0.2, 0) is 6.54 Å². The molecule has 1 N–H and O–H groups in total. The van der Waals surface area contributed by atoms with Gasteiger partial charge in [0.15, 0.2) is 5.95 Å². The van der Waals surface area contributed by atoms with Crippen LogP contribution in [0.15, 0.2) is 53.1 Å². The highest BCUT2D eigenvalue weighted by atomic mass is 16.6. The van der Waals surface area contributed by atoms with Gasteiger partial charge in [-0.25, -0.2) is 0 Å². The Kier molecular flexibility index (Phi) is 5.03. The predicted octanol–water partition coefficient (Wildman–Crippen LogP) is 2.04. The third-order valence-electron chi connectivity index (χ3n) is 3.64. The van der Waals surface area contributed by atoms with Gasteiger partial charge in [-0.3, -0.25) is 0 Å². The maximum atomic E-state index is 12.0. The van der Waals surface area contributed by atoms with Gasteiger partial charge in [0.25, 0.3) is 5.69 Å². The molecule has 0 aliphatic heterocycles. The highest BCUT2D eigenvalue weighted by Crippen LogP contribution is 2.18. The molecule has 7 nitrogen and oxygen atoms in total. The minimum absolute atomic E-state index is 0.280. The van der Waals surface area contributed by atoms with Crippen LogP contribution in [0.5, 0.6) is 17.4 Å². The number of nitrogens with zero attached hydrogens (tertiary/aromatic N) is 2. The Morgan fingerprint density at radius 2 is 1.76 bits per heavy atom. The van der Waals surface area contributed by atoms with Gasteiger partial charge in [0.05, 0.1) is 19.0 Å². The molecule has 2 aromatic carbocycles. The molecular weight excluding hydrogens is 322 g/mol. The molecule has 0 bridgehead atoms. The van der Waals surface area contributed by atoms with Crippen molar-refractivity contribution in [2.24, 2.45) is 0 Å². The standard InChI is InChI=1S/C18H19N3O4/c1-3-24-16-8-4-13(5-9-16)19-12-17-18(22)25-20-21(17)14-6-10-15(23-2)11-7-14/h4-11,19H,3,12H2,1-2H3. The van der Waals surface area contributed by atoms with Crippen molar-refractivity contribution in [1.29, 1.82) is 0 Å². The molecule has 0 fully saturated rings. The molecule has 1 heterocycles. The first-order valence-corrected chi connectivity index (χ1v) is 7.90. The molecule has 0 unspecified atom stereocenters. The fraction of sp³-hybridized carbons (Fsp3) is 0.222. The van der Waals surface area contributed by atoms with Crippen molar-refractivity contribution >= 4 is 5.69 Å². The summed E-state index contributed by atoms with van der Waals surface area (Å²) in [4.78, 5) is 0. The Labute approximate surface area is 145 Å². The first-order chi connectivity index (χ1) is 12.2. The topological polar surface area (TPSA) is 83.5 Å². The third kappa shape index (κ3) is 3.82. The first-order valence-electron chi connectivity index (χ1n) is 7.90. The molecule has 25 heavy (non-hydrogen) atoms. The van der Waals surface area contributed by atoms with E-state index < -0.39 is 5.95 Å². The van der Waals surface area contributed by atoms with Crippen molar-refractivity contribution in [3.63, 3.8) is 0 Å². The maximum Gasteiger partial charge on any atom is 0.259 e. The summed E-state index contributed by atoms with van der Waals surface area (Å²) >= 11 is 0. The molecule has 3 aromatic rings. The van der Waals surface area contributed by atoms with E-state index in [1.54, 1.807) is 31.4 Å². The van der Waals surface area contributed by atoms with Crippen molar-refractivity contribution < 1.29 is 23.8 Å². The molecular formula is C18H19N3O4. The van der Waals surface area contributed by atoms with Crippen LogP contribution in [0.2, 0.25) is 0 Å². The van der Waals surface area contributed by atoms with E-state index in [0.717, 1.165) is 22.9 Å². The maximum absolute atomic E-state index is 12.0. The van der Waals surface area contributed by atoms with Crippen LogP contribution in [-0.4, -0.2) is 19.0 Å². The van der Waals surface area contributed by atoms with Crippen LogP contribution in [0.4, 0.5) is 5.69 Å². The highest BCUT2D eigenvalue weighted by Gasteiger charge is 2.20. The predicted molar refractivity (Wildman–Crippen MR) is 89.0 cm³/mol. The molecule has 0 aliphatic rings. The van der Waals surface area contributed by atoms with E-state index in [4.69, 9.17) is 14.0 Å². The van der Waals surface area contributed by atoms with E-state index in [1.807, 2.05) is 31.2 Å². The molecule has 0 atom stereocenters. The second-order valence-electron chi connectivity index (χ2n) is 5.23. The van der Waals surface area contributed by atoms with Crippen LogP contribution in [0.25, 0.3) is 5.69 Å². The number of benzene rings is 2. The summed E-state index contributed by atoms with van der Waals surface area (Å²) in [5, 5.41) is 19.0. The monoisotopic (exact) mass is 341 g/mol. The van der Waals surface area contributed by atoms with E-state index >= 15 is 0 Å². The zero-order valence-corrected chi connectivity index (χ0v) is 14.1. The fourth-order valence-electron chi connectivity index (χ4n) is 2.36. The Balaban J connectivity index is 1.75. The number of nitrogens with one attached hydrogen (secondary N) is 1. The van der Waals surface area contributed by atoms with Crippen molar-refractivity contribution in [2.75, 3.05) is 19.0 Å². The largest absolute Gasteiger partial charge is 0.539 e. The minimum atomic E-state index is -0.478.